The Morgan fingerprint density at radius 3 is 2.50 bits per heavy atom. The van der Waals surface area contributed by atoms with Crippen molar-refractivity contribution in [3.8, 4) is 11.5 Å². The average Bonchev–Trinajstić information content (AvgIpc) is 2.73. The van der Waals surface area contributed by atoms with E-state index >= 15 is 0 Å². The molecule has 30 heavy (non-hydrogen) atoms. The molecule has 156 valence electrons. The minimum absolute atomic E-state index is 0.0914. The zero-order valence-electron chi connectivity index (χ0n) is 17.7. The molecule has 0 aliphatic carbocycles. The highest BCUT2D eigenvalue weighted by molar-refractivity contribution is 5.51. The number of rotatable bonds is 8. The normalized spacial score (nSPS) is 10.7. The van der Waals surface area contributed by atoms with Crippen molar-refractivity contribution < 1.29 is 9.66 Å². The van der Waals surface area contributed by atoms with Crippen LogP contribution in [0.4, 0.5) is 11.5 Å². The van der Waals surface area contributed by atoms with Crippen LogP contribution in [0.2, 0.25) is 0 Å². The topological polar surface area (TPSA) is 90.2 Å². The fourth-order valence-electron chi connectivity index (χ4n) is 3.22. The van der Waals surface area contributed by atoms with Gasteiger partial charge in [0, 0.05) is 35.5 Å². The molecule has 0 amide bonds. The molecule has 7 nitrogen and oxygen atoms in total. The van der Waals surface area contributed by atoms with Crippen LogP contribution >= 0.6 is 0 Å². The molecule has 0 aliphatic rings. The number of aryl methyl sites for hydroxylation is 3. The van der Waals surface area contributed by atoms with Crippen molar-refractivity contribution in [2.45, 2.75) is 40.5 Å². The predicted octanol–water partition coefficient (Wildman–Crippen LogP) is 5.32. The zero-order valence-corrected chi connectivity index (χ0v) is 17.7. The van der Waals surface area contributed by atoms with Crippen LogP contribution in [0.1, 0.15) is 34.9 Å². The highest BCUT2D eigenvalue weighted by Crippen LogP contribution is 2.33. The van der Waals surface area contributed by atoms with Gasteiger partial charge in [0.05, 0.1) is 4.92 Å². The molecule has 0 aliphatic heterocycles. The van der Waals surface area contributed by atoms with Gasteiger partial charge in [-0.2, -0.15) is 0 Å². The summed E-state index contributed by atoms with van der Waals surface area (Å²) in [5.41, 5.74) is 4.88. The van der Waals surface area contributed by atoms with E-state index in [1.165, 1.54) is 5.56 Å². The molecular formula is C23H26N4O3. The minimum atomic E-state index is -0.372. The van der Waals surface area contributed by atoms with E-state index < -0.39 is 0 Å². The lowest BCUT2D eigenvalue weighted by molar-refractivity contribution is -0.385. The van der Waals surface area contributed by atoms with Gasteiger partial charge in [-0.15, -0.1) is 0 Å². The Morgan fingerprint density at radius 2 is 1.83 bits per heavy atom. The molecule has 7 heteroatoms. The first kappa shape index (κ1) is 21.2. The molecule has 0 saturated carbocycles. The van der Waals surface area contributed by atoms with Crippen LogP contribution in [0.3, 0.4) is 0 Å². The number of nitrogens with one attached hydrogen (secondary N) is 1. The molecule has 0 bridgehead atoms. The van der Waals surface area contributed by atoms with Crippen molar-refractivity contribution in [3.63, 3.8) is 0 Å². The monoisotopic (exact) mass is 406 g/mol. The van der Waals surface area contributed by atoms with Crippen LogP contribution in [0.15, 0.2) is 42.7 Å². The summed E-state index contributed by atoms with van der Waals surface area (Å²) in [6, 6.07) is 11.0. The summed E-state index contributed by atoms with van der Waals surface area (Å²) < 4.78 is 6.07. The molecule has 0 saturated heterocycles. The van der Waals surface area contributed by atoms with Crippen LogP contribution in [0.5, 0.6) is 11.5 Å². The number of anilines is 1. The summed E-state index contributed by atoms with van der Waals surface area (Å²) in [6.07, 6.45) is 3.07. The van der Waals surface area contributed by atoms with E-state index in [0.717, 1.165) is 41.2 Å². The Kier molecular flexibility index (Phi) is 6.61. The lowest BCUT2D eigenvalue weighted by Crippen LogP contribution is -2.08. The van der Waals surface area contributed by atoms with Gasteiger partial charge in [-0.05, 0) is 56.9 Å². The SMILES string of the molecule is CCc1cc([N+](=O)[O-])cc(C)c1Oc1ccc(CCNc2ncnc(C)c2C)cc1. The predicted molar refractivity (Wildman–Crippen MR) is 117 cm³/mol. The van der Waals surface area contributed by atoms with Crippen molar-refractivity contribution in [1.29, 1.82) is 0 Å². The lowest BCUT2D eigenvalue weighted by atomic mass is 10.1. The zero-order chi connectivity index (χ0) is 21.7. The van der Waals surface area contributed by atoms with Crippen molar-refractivity contribution in [2.24, 2.45) is 0 Å². The Balaban J connectivity index is 1.65. The fraction of sp³-hybridized carbons (Fsp3) is 0.304. The number of hydrogen-bond acceptors (Lipinski definition) is 6. The van der Waals surface area contributed by atoms with E-state index in [4.69, 9.17) is 4.74 Å². The number of non-ortho nitro benzene ring substituents is 1. The maximum Gasteiger partial charge on any atom is 0.270 e. The fourth-order valence-corrected chi connectivity index (χ4v) is 3.22. The molecule has 0 atom stereocenters. The van der Waals surface area contributed by atoms with Gasteiger partial charge in [-0.25, -0.2) is 9.97 Å². The van der Waals surface area contributed by atoms with Crippen LogP contribution in [0, 0.1) is 30.9 Å². The number of ether oxygens (including phenoxy) is 1. The van der Waals surface area contributed by atoms with Gasteiger partial charge in [0.15, 0.2) is 0 Å². The van der Waals surface area contributed by atoms with Gasteiger partial charge in [0.2, 0.25) is 0 Å². The molecule has 2 aromatic carbocycles. The van der Waals surface area contributed by atoms with E-state index in [1.807, 2.05) is 52.0 Å². The molecule has 0 fully saturated rings. The van der Waals surface area contributed by atoms with E-state index in [1.54, 1.807) is 18.5 Å². The first-order valence-electron chi connectivity index (χ1n) is 9.95. The van der Waals surface area contributed by atoms with E-state index in [2.05, 4.69) is 15.3 Å². The van der Waals surface area contributed by atoms with Crippen LogP contribution in [-0.4, -0.2) is 21.4 Å². The van der Waals surface area contributed by atoms with Gasteiger partial charge in [0.25, 0.3) is 5.69 Å². The number of aromatic nitrogens is 2. The summed E-state index contributed by atoms with van der Waals surface area (Å²) in [4.78, 5) is 19.2. The molecule has 1 heterocycles. The molecule has 0 radical (unpaired) electrons. The van der Waals surface area contributed by atoms with Gasteiger partial charge in [-0.3, -0.25) is 10.1 Å². The third kappa shape index (κ3) is 4.92. The highest BCUT2D eigenvalue weighted by Gasteiger charge is 2.15. The Morgan fingerprint density at radius 1 is 1.10 bits per heavy atom. The van der Waals surface area contributed by atoms with Crippen molar-refractivity contribution in [3.05, 3.63) is 80.8 Å². The maximum atomic E-state index is 11.1. The van der Waals surface area contributed by atoms with Crippen molar-refractivity contribution in [1.82, 2.24) is 9.97 Å². The van der Waals surface area contributed by atoms with Crippen molar-refractivity contribution in [2.75, 3.05) is 11.9 Å². The molecule has 3 rings (SSSR count). The minimum Gasteiger partial charge on any atom is -0.457 e. The molecule has 1 aromatic heterocycles. The van der Waals surface area contributed by atoms with Crippen LogP contribution in [-0.2, 0) is 12.8 Å². The Bertz CT molecular complexity index is 1050. The quantitative estimate of drug-likeness (QED) is 0.402. The third-order valence-electron chi connectivity index (χ3n) is 5.11. The summed E-state index contributed by atoms with van der Waals surface area (Å²) in [5, 5.41) is 14.4. The lowest BCUT2D eigenvalue weighted by Gasteiger charge is -2.14. The largest absolute Gasteiger partial charge is 0.457 e. The highest BCUT2D eigenvalue weighted by atomic mass is 16.6. The Labute approximate surface area is 176 Å². The second-order valence-corrected chi connectivity index (χ2v) is 7.22. The first-order valence-corrected chi connectivity index (χ1v) is 9.95. The smallest absolute Gasteiger partial charge is 0.270 e. The van der Waals surface area contributed by atoms with Crippen molar-refractivity contribution >= 4 is 11.5 Å². The van der Waals surface area contributed by atoms with Gasteiger partial charge in [-0.1, -0.05) is 19.1 Å². The molecular weight excluding hydrogens is 380 g/mol. The second kappa shape index (κ2) is 9.35. The van der Waals surface area contributed by atoms with Gasteiger partial charge >= 0.3 is 0 Å². The van der Waals surface area contributed by atoms with E-state index in [-0.39, 0.29) is 10.6 Å². The number of benzene rings is 2. The summed E-state index contributed by atoms with van der Waals surface area (Å²) in [5.74, 6) is 2.26. The number of nitrogens with zero attached hydrogens (tertiary/aromatic N) is 3. The number of nitro benzene ring substituents is 1. The Hall–Kier alpha value is -3.48. The summed E-state index contributed by atoms with van der Waals surface area (Å²) in [6.45, 7) is 8.53. The molecule has 0 unspecified atom stereocenters. The summed E-state index contributed by atoms with van der Waals surface area (Å²) in [7, 11) is 0. The van der Waals surface area contributed by atoms with E-state index in [9.17, 15) is 10.1 Å². The van der Waals surface area contributed by atoms with Gasteiger partial charge < -0.3 is 10.1 Å². The number of hydrogen-bond donors (Lipinski definition) is 1. The van der Waals surface area contributed by atoms with E-state index in [0.29, 0.717) is 17.9 Å². The van der Waals surface area contributed by atoms with Crippen LogP contribution < -0.4 is 10.1 Å². The van der Waals surface area contributed by atoms with Crippen LogP contribution in [0.25, 0.3) is 0 Å². The first-order chi connectivity index (χ1) is 14.4. The average molecular weight is 406 g/mol. The third-order valence-corrected chi connectivity index (χ3v) is 5.11. The van der Waals surface area contributed by atoms with Gasteiger partial charge in [0.1, 0.15) is 23.6 Å². The molecule has 3 aromatic rings. The summed E-state index contributed by atoms with van der Waals surface area (Å²) >= 11 is 0. The molecule has 1 N–H and O–H groups in total. The number of nitro groups is 1. The molecule has 0 spiro atoms. The standard InChI is InChI=1S/C23H26N4O3/c1-5-19-13-20(27(28)29)12-15(2)22(19)30-21-8-6-18(7-9-21)10-11-24-23-16(3)17(4)25-14-26-23/h6-9,12-14H,5,10-11H2,1-4H3,(H,24,25,26). The second-order valence-electron chi connectivity index (χ2n) is 7.22. The maximum absolute atomic E-state index is 11.1.